The van der Waals surface area contributed by atoms with E-state index in [1.807, 2.05) is 0 Å². The number of nitrogens with two attached hydrogens (primary N) is 1. The van der Waals surface area contributed by atoms with Crippen LogP contribution in [0.1, 0.15) is 12.6 Å². The van der Waals surface area contributed by atoms with Crippen molar-refractivity contribution in [3.05, 3.63) is 24.2 Å². The summed E-state index contributed by atoms with van der Waals surface area (Å²) in [5, 5.41) is 0. The first-order valence-electron chi connectivity index (χ1n) is 6.16. The third-order valence-electron chi connectivity index (χ3n) is 3.03. The molecule has 0 radical (unpaired) electrons. The normalized spacial score (nSPS) is 12.6. The van der Waals surface area contributed by atoms with E-state index in [1.54, 1.807) is 0 Å². The molecule has 2 rings (SSSR count). The van der Waals surface area contributed by atoms with Crippen molar-refractivity contribution in [2.24, 2.45) is 7.05 Å². The molecule has 2 N–H and O–H groups in total. The molecule has 2 heterocycles. The van der Waals surface area contributed by atoms with Gasteiger partial charge in [0.2, 0.25) is 0 Å². The highest BCUT2D eigenvalue weighted by molar-refractivity contribution is 7.91. The van der Waals surface area contributed by atoms with E-state index in [2.05, 4.69) is 9.97 Å². The van der Waals surface area contributed by atoms with Crippen molar-refractivity contribution in [3.63, 3.8) is 0 Å². The molecular weight excluding hydrogens is 321 g/mol. The first-order chi connectivity index (χ1) is 10.1. The zero-order valence-electron chi connectivity index (χ0n) is 11.7. The average molecular weight is 334 g/mol. The molecule has 2 aromatic heterocycles. The summed E-state index contributed by atoms with van der Waals surface area (Å²) < 4.78 is 64.5. The maximum absolute atomic E-state index is 13.0. The molecular formula is C12H13F3N4O2S. The molecule has 0 atom stereocenters. The van der Waals surface area contributed by atoms with Gasteiger partial charge in [0.25, 0.3) is 0 Å². The van der Waals surface area contributed by atoms with Crippen molar-refractivity contribution in [1.82, 2.24) is 14.5 Å². The lowest BCUT2D eigenvalue weighted by molar-refractivity contribution is -0.140. The molecule has 0 amide bonds. The molecule has 0 spiro atoms. The number of imidazole rings is 1. The molecule has 10 heteroatoms. The van der Waals surface area contributed by atoms with E-state index < -0.39 is 27.4 Å². The van der Waals surface area contributed by atoms with E-state index in [0.717, 1.165) is 6.07 Å². The standard InChI is InChI=1S/C12H13F3N4O2S/c1-3-22(20,21)8-6-7(16)10(12(13,14)15)18-9(8)11-17-4-5-19(11)2/h4-6H,3,16H2,1-2H3. The van der Waals surface area contributed by atoms with E-state index >= 15 is 0 Å². The summed E-state index contributed by atoms with van der Waals surface area (Å²) in [6.45, 7) is 1.38. The number of halogens is 3. The molecule has 0 bridgehead atoms. The number of aryl methyl sites for hydroxylation is 1. The van der Waals surface area contributed by atoms with Crippen LogP contribution < -0.4 is 5.73 Å². The van der Waals surface area contributed by atoms with Gasteiger partial charge in [0.05, 0.1) is 16.3 Å². The Morgan fingerprint density at radius 2 is 2.00 bits per heavy atom. The van der Waals surface area contributed by atoms with Crippen molar-refractivity contribution in [3.8, 4) is 11.5 Å². The van der Waals surface area contributed by atoms with E-state index in [1.165, 1.54) is 30.9 Å². The van der Waals surface area contributed by atoms with Crippen LogP contribution in [0.25, 0.3) is 11.5 Å². The highest BCUT2D eigenvalue weighted by Crippen LogP contribution is 2.36. The topological polar surface area (TPSA) is 90.9 Å². The van der Waals surface area contributed by atoms with Gasteiger partial charge in [0, 0.05) is 19.4 Å². The Labute approximate surface area is 124 Å². The van der Waals surface area contributed by atoms with Crippen LogP contribution in [0, 0.1) is 0 Å². The third kappa shape index (κ3) is 2.78. The monoisotopic (exact) mass is 334 g/mol. The van der Waals surface area contributed by atoms with Gasteiger partial charge in [-0.3, -0.25) is 0 Å². The van der Waals surface area contributed by atoms with Crippen molar-refractivity contribution in [2.75, 3.05) is 11.5 Å². The Hall–Kier alpha value is -2.10. The number of nitrogens with zero attached hydrogens (tertiary/aromatic N) is 3. The number of hydrogen-bond donors (Lipinski definition) is 1. The Kier molecular flexibility index (Phi) is 3.90. The Morgan fingerprint density at radius 3 is 2.45 bits per heavy atom. The van der Waals surface area contributed by atoms with Gasteiger partial charge in [-0.25, -0.2) is 18.4 Å². The van der Waals surface area contributed by atoms with E-state index in [9.17, 15) is 21.6 Å². The van der Waals surface area contributed by atoms with Gasteiger partial charge in [-0.15, -0.1) is 0 Å². The van der Waals surface area contributed by atoms with Gasteiger partial charge in [0.15, 0.2) is 21.4 Å². The van der Waals surface area contributed by atoms with E-state index in [0.29, 0.717) is 0 Å². The highest BCUT2D eigenvalue weighted by Gasteiger charge is 2.37. The van der Waals surface area contributed by atoms with Crippen molar-refractivity contribution >= 4 is 15.5 Å². The number of rotatable bonds is 3. The first-order valence-corrected chi connectivity index (χ1v) is 7.81. The summed E-state index contributed by atoms with van der Waals surface area (Å²) in [7, 11) is -2.30. The minimum atomic E-state index is -4.79. The lowest BCUT2D eigenvalue weighted by Gasteiger charge is -2.14. The lowest BCUT2D eigenvalue weighted by Crippen LogP contribution is -2.16. The number of aromatic nitrogens is 3. The summed E-state index contributed by atoms with van der Waals surface area (Å²) in [6, 6.07) is 0.790. The Morgan fingerprint density at radius 1 is 1.36 bits per heavy atom. The molecule has 0 aliphatic carbocycles. The molecule has 0 saturated carbocycles. The van der Waals surface area contributed by atoms with Crippen LogP contribution in [0.4, 0.5) is 18.9 Å². The number of pyridine rings is 1. The molecule has 2 aromatic rings. The number of nitrogen functional groups attached to an aromatic ring is 1. The predicted molar refractivity (Wildman–Crippen MR) is 73.6 cm³/mol. The van der Waals surface area contributed by atoms with Crippen LogP contribution in [-0.4, -0.2) is 28.7 Å². The lowest BCUT2D eigenvalue weighted by atomic mass is 10.2. The highest BCUT2D eigenvalue weighted by atomic mass is 32.2. The Balaban J connectivity index is 2.86. The molecule has 6 nitrogen and oxygen atoms in total. The van der Waals surface area contributed by atoms with Crippen molar-refractivity contribution < 1.29 is 21.6 Å². The van der Waals surface area contributed by atoms with Crippen molar-refractivity contribution in [1.29, 1.82) is 0 Å². The van der Waals surface area contributed by atoms with Gasteiger partial charge in [-0.05, 0) is 6.07 Å². The molecule has 0 aromatic carbocycles. The van der Waals surface area contributed by atoms with Crippen LogP contribution in [-0.2, 0) is 23.1 Å². The minimum absolute atomic E-state index is 0.0116. The molecule has 0 saturated heterocycles. The van der Waals surface area contributed by atoms with Crippen molar-refractivity contribution in [2.45, 2.75) is 18.0 Å². The average Bonchev–Trinajstić information content (AvgIpc) is 2.83. The van der Waals surface area contributed by atoms with Gasteiger partial charge in [-0.1, -0.05) is 6.92 Å². The summed E-state index contributed by atoms with van der Waals surface area (Å²) in [5.74, 6) is -0.283. The second-order valence-corrected chi connectivity index (χ2v) is 6.78. The van der Waals surface area contributed by atoms with Crippen LogP contribution >= 0.6 is 0 Å². The number of alkyl halides is 3. The molecule has 0 unspecified atom stereocenters. The molecule has 120 valence electrons. The maximum atomic E-state index is 13.0. The third-order valence-corrected chi connectivity index (χ3v) is 4.78. The summed E-state index contributed by atoms with van der Waals surface area (Å²) in [5.41, 5.74) is 2.91. The predicted octanol–water partition coefficient (Wildman–Crippen LogP) is 1.88. The summed E-state index contributed by atoms with van der Waals surface area (Å²) in [6.07, 6.45) is -1.98. The number of anilines is 1. The molecule has 0 aliphatic rings. The minimum Gasteiger partial charge on any atom is -0.397 e. The largest absolute Gasteiger partial charge is 0.435 e. The van der Waals surface area contributed by atoms with Crippen LogP contribution in [0.2, 0.25) is 0 Å². The van der Waals surface area contributed by atoms with Gasteiger partial charge >= 0.3 is 6.18 Å². The van der Waals surface area contributed by atoms with Gasteiger partial charge in [0.1, 0.15) is 5.69 Å². The zero-order valence-corrected chi connectivity index (χ0v) is 12.5. The second-order valence-electron chi connectivity index (χ2n) is 4.54. The molecule has 0 aliphatic heterocycles. The first kappa shape index (κ1) is 16.3. The summed E-state index contributed by atoms with van der Waals surface area (Å²) >= 11 is 0. The van der Waals surface area contributed by atoms with Crippen LogP contribution in [0.5, 0.6) is 0 Å². The van der Waals surface area contributed by atoms with Gasteiger partial charge < -0.3 is 10.3 Å². The van der Waals surface area contributed by atoms with E-state index in [-0.39, 0.29) is 22.2 Å². The SMILES string of the molecule is CCS(=O)(=O)c1cc(N)c(C(F)(F)F)nc1-c1nccn1C. The number of sulfone groups is 1. The summed E-state index contributed by atoms with van der Waals surface area (Å²) in [4.78, 5) is 6.96. The smallest absolute Gasteiger partial charge is 0.397 e. The fourth-order valence-electron chi connectivity index (χ4n) is 1.88. The molecule has 22 heavy (non-hydrogen) atoms. The quantitative estimate of drug-likeness (QED) is 0.925. The zero-order chi connectivity index (χ0) is 16.7. The number of hydrogen-bond acceptors (Lipinski definition) is 5. The molecule has 0 fully saturated rings. The van der Waals surface area contributed by atoms with Crippen LogP contribution in [0.3, 0.4) is 0 Å². The van der Waals surface area contributed by atoms with Crippen LogP contribution in [0.15, 0.2) is 23.4 Å². The van der Waals surface area contributed by atoms with E-state index in [4.69, 9.17) is 5.73 Å². The fraction of sp³-hybridized carbons (Fsp3) is 0.333. The maximum Gasteiger partial charge on any atom is 0.435 e. The second kappa shape index (κ2) is 5.27. The fourth-order valence-corrected chi connectivity index (χ4v) is 2.93. The van der Waals surface area contributed by atoms with Gasteiger partial charge in [-0.2, -0.15) is 13.2 Å². The Bertz CT molecular complexity index is 812.